The van der Waals surface area contributed by atoms with Crippen LogP contribution in [-0.2, 0) is 31.3 Å². The molecule has 8 nitrogen and oxygen atoms in total. The first-order valence-corrected chi connectivity index (χ1v) is 12.4. The van der Waals surface area contributed by atoms with Crippen LogP contribution in [0.15, 0.2) is 53.4 Å². The van der Waals surface area contributed by atoms with Crippen molar-refractivity contribution in [3.63, 3.8) is 0 Å². The van der Waals surface area contributed by atoms with Gasteiger partial charge in [-0.3, -0.25) is 4.79 Å². The summed E-state index contributed by atoms with van der Waals surface area (Å²) < 4.78 is 58.2. The van der Waals surface area contributed by atoms with Crippen molar-refractivity contribution in [2.24, 2.45) is 5.41 Å². The number of carbonyl (C=O) groups is 1. The Morgan fingerprint density at radius 2 is 1.80 bits per heavy atom. The molecule has 0 spiro atoms. The van der Waals surface area contributed by atoms with E-state index in [-0.39, 0.29) is 22.9 Å². The summed E-state index contributed by atoms with van der Waals surface area (Å²) in [7, 11) is -6.01. The number of sulfonamides is 2. The van der Waals surface area contributed by atoms with Gasteiger partial charge < -0.3 is 4.74 Å². The van der Waals surface area contributed by atoms with Gasteiger partial charge in [-0.2, -0.15) is 0 Å². The third kappa shape index (κ3) is 4.50. The largest absolute Gasteiger partial charge is 0.497 e. The molecule has 2 aromatic rings. The van der Waals surface area contributed by atoms with Gasteiger partial charge in [0.25, 0.3) is 0 Å². The third-order valence-corrected chi connectivity index (χ3v) is 8.30. The van der Waals surface area contributed by atoms with E-state index in [9.17, 15) is 21.6 Å². The Morgan fingerprint density at radius 1 is 1.13 bits per heavy atom. The first-order valence-electron chi connectivity index (χ1n) is 9.26. The summed E-state index contributed by atoms with van der Waals surface area (Å²) in [6.45, 7) is 3.32. The van der Waals surface area contributed by atoms with Crippen molar-refractivity contribution in [2.45, 2.75) is 25.2 Å². The van der Waals surface area contributed by atoms with Crippen molar-refractivity contribution in [1.29, 1.82) is 0 Å². The number of nitrogens with one attached hydrogen (secondary N) is 1. The molecule has 0 bridgehead atoms. The zero-order valence-corrected chi connectivity index (χ0v) is 18.6. The first kappa shape index (κ1) is 22.3. The summed E-state index contributed by atoms with van der Waals surface area (Å²) in [4.78, 5) is 12.4. The number of anilines is 1. The maximum Gasteiger partial charge on any atom is 0.247 e. The first-order chi connectivity index (χ1) is 14.0. The van der Waals surface area contributed by atoms with Gasteiger partial charge in [0.05, 0.1) is 28.9 Å². The fraction of sp³-hybridized carbons (Fsp3) is 0.350. The Kier molecular flexibility index (Phi) is 5.94. The molecule has 0 radical (unpaired) electrons. The van der Waals surface area contributed by atoms with E-state index in [4.69, 9.17) is 4.74 Å². The number of methoxy groups -OCH3 is 1. The van der Waals surface area contributed by atoms with Gasteiger partial charge >= 0.3 is 0 Å². The van der Waals surface area contributed by atoms with Crippen molar-refractivity contribution in [3.05, 3.63) is 54.1 Å². The van der Waals surface area contributed by atoms with E-state index in [1.54, 1.807) is 21.0 Å². The number of hydrogen-bond acceptors (Lipinski definition) is 6. The molecular formula is C20H24N2O6S2. The lowest BCUT2D eigenvalue weighted by Gasteiger charge is -2.17. The van der Waals surface area contributed by atoms with E-state index in [0.717, 1.165) is 9.87 Å². The fourth-order valence-corrected chi connectivity index (χ4v) is 6.40. The zero-order valence-electron chi connectivity index (χ0n) is 17.0. The maximum absolute atomic E-state index is 12.5. The van der Waals surface area contributed by atoms with Crippen LogP contribution in [0.25, 0.3) is 0 Å². The number of carbonyl (C=O) groups excluding carboxylic acids is 1. The minimum atomic E-state index is -3.79. The molecule has 0 unspecified atom stereocenters. The highest BCUT2D eigenvalue weighted by atomic mass is 32.2. The molecule has 0 aliphatic carbocycles. The van der Waals surface area contributed by atoms with E-state index >= 15 is 0 Å². The monoisotopic (exact) mass is 452 g/mol. The number of hydrogen-bond donors (Lipinski definition) is 1. The molecule has 10 heteroatoms. The molecule has 1 amide bonds. The van der Waals surface area contributed by atoms with Crippen LogP contribution in [0, 0.1) is 5.41 Å². The number of benzene rings is 2. The molecule has 1 aliphatic rings. The Labute approximate surface area is 177 Å². The smallest absolute Gasteiger partial charge is 0.247 e. The summed E-state index contributed by atoms with van der Waals surface area (Å²) in [6.07, 6.45) is 0.476. The van der Waals surface area contributed by atoms with Crippen LogP contribution >= 0.6 is 0 Å². The highest BCUT2D eigenvalue weighted by Gasteiger charge is 2.49. The molecule has 1 aliphatic heterocycles. The maximum atomic E-state index is 12.5. The number of rotatable bonds is 7. The van der Waals surface area contributed by atoms with Crippen LogP contribution in [-0.4, -0.2) is 42.2 Å². The minimum absolute atomic E-state index is 0.0137. The van der Waals surface area contributed by atoms with Crippen molar-refractivity contribution in [3.8, 4) is 5.75 Å². The number of ether oxygens (including phenoxy) is 1. The van der Waals surface area contributed by atoms with Gasteiger partial charge in [0.2, 0.25) is 26.0 Å². The average Bonchev–Trinajstić information content (AvgIpc) is 2.84. The molecule has 30 heavy (non-hydrogen) atoms. The van der Waals surface area contributed by atoms with Gasteiger partial charge in [0, 0.05) is 6.54 Å². The summed E-state index contributed by atoms with van der Waals surface area (Å²) in [6, 6.07) is 12.6. The van der Waals surface area contributed by atoms with E-state index in [0.29, 0.717) is 12.2 Å². The third-order valence-electron chi connectivity index (χ3n) is 4.81. The summed E-state index contributed by atoms with van der Waals surface area (Å²) in [5, 5.41) is 0. The van der Waals surface area contributed by atoms with Gasteiger partial charge in [0.15, 0.2) is 0 Å². The van der Waals surface area contributed by atoms with E-state index in [1.165, 1.54) is 24.3 Å². The number of nitrogens with zero attached hydrogens (tertiary/aromatic N) is 1. The Hall–Kier alpha value is -2.43. The van der Waals surface area contributed by atoms with Gasteiger partial charge in [0.1, 0.15) is 5.75 Å². The van der Waals surface area contributed by atoms with Gasteiger partial charge in [-0.1, -0.05) is 12.1 Å². The van der Waals surface area contributed by atoms with Crippen LogP contribution in [0.2, 0.25) is 0 Å². The van der Waals surface area contributed by atoms with Crippen molar-refractivity contribution < 1.29 is 26.4 Å². The van der Waals surface area contributed by atoms with Crippen molar-refractivity contribution in [1.82, 2.24) is 4.72 Å². The van der Waals surface area contributed by atoms with Crippen LogP contribution in [0.3, 0.4) is 0 Å². The number of amides is 1. The van der Waals surface area contributed by atoms with Crippen LogP contribution in [0.4, 0.5) is 5.69 Å². The molecule has 0 saturated carbocycles. The molecule has 2 aromatic carbocycles. The van der Waals surface area contributed by atoms with Gasteiger partial charge in [-0.05, 0) is 62.2 Å². The lowest BCUT2D eigenvalue weighted by Crippen LogP contribution is -2.33. The molecule has 162 valence electrons. The van der Waals surface area contributed by atoms with Crippen molar-refractivity contribution in [2.75, 3.05) is 23.7 Å². The van der Waals surface area contributed by atoms with Crippen LogP contribution in [0.1, 0.15) is 19.4 Å². The molecule has 0 aromatic heterocycles. The lowest BCUT2D eigenvalue weighted by molar-refractivity contribution is -0.123. The van der Waals surface area contributed by atoms with Crippen LogP contribution in [0.5, 0.6) is 5.75 Å². The zero-order chi connectivity index (χ0) is 22.2. The Morgan fingerprint density at radius 3 is 2.37 bits per heavy atom. The van der Waals surface area contributed by atoms with E-state index in [2.05, 4.69) is 4.72 Å². The molecule has 1 heterocycles. The average molecular weight is 453 g/mol. The predicted octanol–water partition coefficient (Wildman–Crippen LogP) is 1.92. The summed E-state index contributed by atoms with van der Waals surface area (Å²) in [5.41, 5.74) is 0.0271. The topological polar surface area (TPSA) is 110 Å². The van der Waals surface area contributed by atoms with Gasteiger partial charge in [-0.15, -0.1) is 0 Å². The van der Waals surface area contributed by atoms with E-state index < -0.39 is 31.4 Å². The second kappa shape index (κ2) is 8.01. The highest BCUT2D eigenvalue weighted by molar-refractivity contribution is 7.94. The lowest BCUT2D eigenvalue weighted by atomic mass is 9.95. The molecule has 1 N–H and O–H groups in total. The SMILES string of the molecule is COc1cccc(CCNS(=O)(=O)c2ccc(N3C(=O)C(C)(C)CS3(=O)=O)cc2)c1. The second-order valence-electron chi connectivity index (χ2n) is 7.70. The minimum Gasteiger partial charge on any atom is -0.497 e. The molecule has 0 atom stereocenters. The van der Waals surface area contributed by atoms with Crippen molar-refractivity contribution >= 4 is 31.6 Å². The highest BCUT2D eigenvalue weighted by Crippen LogP contribution is 2.35. The Bertz CT molecular complexity index is 1160. The van der Waals surface area contributed by atoms with Gasteiger partial charge in [-0.25, -0.2) is 25.9 Å². The molecule has 1 saturated heterocycles. The normalized spacial score (nSPS) is 17.8. The fourth-order valence-electron chi connectivity index (χ4n) is 3.26. The molecular weight excluding hydrogens is 428 g/mol. The molecule has 1 fully saturated rings. The quantitative estimate of drug-likeness (QED) is 0.687. The molecule has 3 rings (SSSR count). The van der Waals surface area contributed by atoms with E-state index in [1.807, 2.05) is 24.3 Å². The second-order valence-corrected chi connectivity index (χ2v) is 11.3. The van der Waals surface area contributed by atoms with Crippen LogP contribution < -0.4 is 13.8 Å². The summed E-state index contributed by atoms with van der Waals surface area (Å²) in [5.74, 6) is -0.125. The predicted molar refractivity (Wildman–Crippen MR) is 113 cm³/mol. The standard InChI is InChI=1S/C20H24N2O6S2/c1-20(2)14-29(24,25)22(19(20)23)16-7-9-18(10-8-16)30(26,27)21-12-11-15-5-4-6-17(13-15)28-3/h4-10,13,21H,11-12,14H2,1-3H3. The Balaban J connectivity index is 1.71. The summed E-state index contributed by atoms with van der Waals surface area (Å²) >= 11 is 0.